The number of nitrogens with one attached hydrogen (secondary N) is 1. The molecule has 0 aliphatic rings. The first-order valence-electron chi connectivity index (χ1n) is 6.18. The van der Waals surface area contributed by atoms with E-state index in [1.165, 1.54) is 37.4 Å². The second-order valence-corrected chi connectivity index (χ2v) is 4.31. The van der Waals surface area contributed by atoms with Crippen molar-refractivity contribution < 1.29 is 18.3 Å². The molecule has 2 rings (SSSR count). The first-order valence-corrected chi connectivity index (χ1v) is 6.18. The third-order valence-corrected chi connectivity index (χ3v) is 2.94. The van der Waals surface area contributed by atoms with Gasteiger partial charge in [-0.1, -0.05) is 0 Å². The first-order chi connectivity index (χ1) is 10.0. The molecule has 0 saturated carbocycles. The zero-order valence-electron chi connectivity index (χ0n) is 11.3. The van der Waals surface area contributed by atoms with Crippen LogP contribution in [0.4, 0.5) is 14.5 Å². The second-order valence-electron chi connectivity index (χ2n) is 4.31. The fourth-order valence-electron chi connectivity index (χ4n) is 1.81. The fraction of sp³-hybridized carbons (Fsp3) is 0.133. The molecule has 0 fully saturated rings. The van der Waals surface area contributed by atoms with Crippen LogP contribution in [0.25, 0.3) is 0 Å². The zero-order chi connectivity index (χ0) is 15.4. The summed E-state index contributed by atoms with van der Waals surface area (Å²) in [6.07, 6.45) is 0. The minimum absolute atomic E-state index is 0.00639. The lowest BCUT2D eigenvalue weighted by atomic mass is 10.1. The van der Waals surface area contributed by atoms with E-state index in [2.05, 4.69) is 5.32 Å². The maximum absolute atomic E-state index is 13.8. The summed E-state index contributed by atoms with van der Waals surface area (Å²) < 4.78 is 32.0. The molecule has 110 valence electrons. The van der Waals surface area contributed by atoms with Gasteiger partial charge >= 0.3 is 0 Å². The quantitative estimate of drug-likeness (QED) is 0.910. The lowest BCUT2D eigenvalue weighted by Gasteiger charge is -2.09. The Morgan fingerprint density at radius 2 is 1.95 bits per heavy atom. The van der Waals surface area contributed by atoms with E-state index in [0.29, 0.717) is 11.4 Å². The standard InChI is InChI=1S/C15H14F2N2O2/c1-21-11-3-4-12(14(17)7-11)15(20)19-10-2-5-13(16)9(6-10)8-18/h2-7H,8,18H2,1H3,(H,19,20). The predicted molar refractivity (Wildman–Crippen MR) is 75.2 cm³/mol. The Bertz CT molecular complexity index is 675. The molecule has 0 aliphatic carbocycles. The van der Waals surface area contributed by atoms with E-state index in [0.717, 1.165) is 6.07 Å². The Balaban J connectivity index is 2.22. The third-order valence-electron chi connectivity index (χ3n) is 2.94. The molecule has 6 heteroatoms. The molecule has 1 amide bonds. The lowest BCUT2D eigenvalue weighted by molar-refractivity contribution is 0.102. The largest absolute Gasteiger partial charge is 0.497 e. The van der Waals surface area contributed by atoms with E-state index in [-0.39, 0.29) is 17.7 Å². The van der Waals surface area contributed by atoms with Crippen molar-refractivity contribution in [2.24, 2.45) is 5.73 Å². The van der Waals surface area contributed by atoms with Gasteiger partial charge in [0.25, 0.3) is 5.91 Å². The minimum Gasteiger partial charge on any atom is -0.497 e. The number of hydrogen-bond donors (Lipinski definition) is 2. The van der Waals surface area contributed by atoms with Gasteiger partial charge in [-0.25, -0.2) is 8.78 Å². The molecule has 2 aromatic rings. The molecule has 21 heavy (non-hydrogen) atoms. The smallest absolute Gasteiger partial charge is 0.258 e. The predicted octanol–water partition coefficient (Wildman–Crippen LogP) is 2.68. The van der Waals surface area contributed by atoms with Crippen LogP contribution in [0, 0.1) is 11.6 Å². The van der Waals surface area contributed by atoms with Crippen molar-refractivity contribution >= 4 is 11.6 Å². The van der Waals surface area contributed by atoms with Gasteiger partial charge in [0.15, 0.2) is 0 Å². The maximum atomic E-state index is 13.8. The maximum Gasteiger partial charge on any atom is 0.258 e. The van der Waals surface area contributed by atoms with Gasteiger partial charge in [-0.15, -0.1) is 0 Å². The number of hydrogen-bond acceptors (Lipinski definition) is 3. The molecule has 0 aromatic heterocycles. The number of carbonyl (C=O) groups is 1. The molecular formula is C15H14F2N2O2. The summed E-state index contributed by atoms with van der Waals surface area (Å²) >= 11 is 0. The van der Waals surface area contributed by atoms with Crippen LogP contribution in [0.15, 0.2) is 36.4 Å². The molecule has 0 bridgehead atoms. The van der Waals surface area contributed by atoms with Crippen molar-refractivity contribution in [2.45, 2.75) is 6.54 Å². The molecule has 0 heterocycles. The first kappa shape index (κ1) is 14.9. The Morgan fingerprint density at radius 1 is 1.19 bits per heavy atom. The summed E-state index contributed by atoms with van der Waals surface area (Å²) in [7, 11) is 1.40. The van der Waals surface area contributed by atoms with Crippen LogP contribution in [0.2, 0.25) is 0 Å². The van der Waals surface area contributed by atoms with Crippen LogP contribution < -0.4 is 15.8 Å². The number of methoxy groups -OCH3 is 1. The topological polar surface area (TPSA) is 64.3 Å². The van der Waals surface area contributed by atoms with Gasteiger partial charge in [-0.3, -0.25) is 4.79 Å². The average molecular weight is 292 g/mol. The number of nitrogens with two attached hydrogens (primary N) is 1. The minimum atomic E-state index is -0.701. The van der Waals surface area contributed by atoms with Crippen molar-refractivity contribution in [2.75, 3.05) is 12.4 Å². The molecular weight excluding hydrogens is 278 g/mol. The van der Waals surface area contributed by atoms with Crippen LogP contribution in [0.3, 0.4) is 0 Å². The van der Waals surface area contributed by atoms with Crippen molar-refractivity contribution in [3.05, 3.63) is 59.2 Å². The van der Waals surface area contributed by atoms with Crippen molar-refractivity contribution in [1.29, 1.82) is 0 Å². The Kier molecular flexibility index (Phi) is 4.49. The van der Waals surface area contributed by atoms with E-state index in [1.807, 2.05) is 0 Å². The highest BCUT2D eigenvalue weighted by Crippen LogP contribution is 2.19. The number of halogens is 2. The van der Waals surface area contributed by atoms with Crippen molar-refractivity contribution in [3.63, 3.8) is 0 Å². The number of benzene rings is 2. The summed E-state index contributed by atoms with van der Waals surface area (Å²) in [5, 5.41) is 2.50. The average Bonchev–Trinajstić information content (AvgIpc) is 2.48. The van der Waals surface area contributed by atoms with E-state index in [9.17, 15) is 13.6 Å². The highest BCUT2D eigenvalue weighted by Gasteiger charge is 2.13. The van der Waals surface area contributed by atoms with Gasteiger partial charge in [0.05, 0.1) is 12.7 Å². The summed E-state index contributed by atoms with van der Waals surface area (Å²) in [6.45, 7) is 0.00639. The number of anilines is 1. The zero-order valence-corrected chi connectivity index (χ0v) is 11.3. The van der Waals surface area contributed by atoms with Crippen molar-refractivity contribution in [3.8, 4) is 5.75 Å². The number of carbonyl (C=O) groups excluding carboxylic acids is 1. The van der Waals surface area contributed by atoms with E-state index < -0.39 is 17.5 Å². The third kappa shape index (κ3) is 3.35. The molecule has 0 unspecified atom stereocenters. The summed E-state index contributed by atoms with van der Waals surface area (Å²) in [5.41, 5.74) is 5.87. The summed E-state index contributed by atoms with van der Waals surface area (Å²) in [6, 6.07) is 7.90. The van der Waals surface area contributed by atoms with Gasteiger partial charge in [-0.2, -0.15) is 0 Å². The molecule has 0 saturated heterocycles. The monoisotopic (exact) mass is 292 g/mol. The molecule has 0 atom stereocenters. The number of ether oxygens (including phenoxy) is 1. The lowest BCUT2D eigenvalue weighted by Crippen LogP contribution is -2.14. The highest BCUT2D eigenvalue weighted by atomic mass is 19.1. The fourth-order valence-corrected chi connectivity index (χ4v) is 1.81. The summed E-state index contributed by atoms with van der Waals surface area (Å²) in [5.74, 6) is -1.47. The van der Waals surface area contributed by atoms with Crippen LogP contribution >= 0.6 is 0 Å². The van der Waals surface area contributed by atoms with E-state index in [4.69, 9.17) is 10.5 Å². The molecule has 3 N–H and O–H groups in total. The molecule has 0 radical (unpaired) electrons. The van der Waals surface area contributed by atoms with Gasteiger partial charge in [0, 0.05) is 23.9 Å². The SMILES string of the molecule is COc1ccc(C(=O)Nc2ccc(F)c(CN)c2)c(F)c1. The van der Waals surface area contributed by atoms with Crippen LogP contribution in [0.1, 0.15) is 15.9 Å². The normalized spacial score (nSPS) is 10.3. The van der Waals surface area contributed by atoms with E-state index >= 15 is 0 Å². The van der Waals surface area contributed by atoms with Gasteiger partial charge in [-0.05, 0) is 30.3 Å². The Labute approximate surface area is 120 Å². The Hall–Kier alpha value is -2.47. The second kappa shape index (κ2) is 6.32. The molecule has 0 aliphatic heterocycles. The van der Waals surface area contributed by atoms with Crippen LogP contribution in [-0.4, -0.2) is 13.0 Å². The highest BCUT2D eigenvalue weighted by molar-refractivity contribution is 6.04. The number of rotatable bonds is 4. The van der Waals surface area contributed by atoms with E-state index in [1.54, 1.807) is 0 Å². The summed E-state index contributed by atoms with van der Waals surface area (Å²) in [4.78, 5) is 12.0. The van der Waals surface area contributed by atoms with Gasteiger partial charge < -0.3 is 15.8 Å². The van der Waals surface area contributed by atoms with Crippen molar-refractivity contribution in [1.82, 2.24) is 0 Å². The van der Waals surface area contributed by atoms with Crippen LogP contribution in [0.5, 0.6) is 5.75 Å². The molecule has 4 nitrogen and oxygen atoms in total. The van der Waals surface area contributed by atoms with Gasteiger partial charge in [0.2, 0.25) is 0 Å². The molecule has 0 spiro atoms. The van der Waals surface area contributed by atoms with Gasteiger partial charge in [0.1, 0.15) is 17.4 Å². The molecule has 2 aromatic carbocycles. The Morgan fingerprint density at radius 3 is 2.57 bits per heavy atom. The number of amides is 1. The van der Waals surface area contributed by atoms with Crippen LogP contribution in [-0.2, 0) is 6.54 Å².